The molecule has 0 aliphatic heterocycles. The van der Waals surface area contributed by atoms with Gasteiger partial charge in [0.2, 0.25) is 15.9 Å². The number of anilines is 1. The van der Waals surface area contributed by atoms with Crippen LogP contribution >= 0.6 is 11.6 Å². The topological polar surface area (TPSA) is 101 Å². The van der Waals surface area contributed by atoms with E-state index < -0.39 is 10.0 Å². The van der Waals surface area contributed by atoms with Crippen LogP contribution in [0.4, 0.5) is 5.69 Å². The third-order valence-electron chi connectivity index (χ3n) is 2.63. The number of nitrogens with one attached hydrogen (secondary N) is 2. The Hall–Kier alpha value is -1.31. The van der Waals surface area contributed by atoms with Gasteiger partial charge in [0.05, 0.1) is 12.2 Å². The second-order valence-corrected chi connectivity index (χ2v) is 6.52. The fourth-order valence-electron chi connectivity index (χ4n) is 1.49. The van der Waals surface area contributed by atoms with Crippen molar-refractivity contribution in [2.24, 2.45) is 0 Å². The summed E-state index contributed by atoms with van der Waals surface area (Å²) in [7, 11) is -3.84. The molecule has 104 valence electrons. The first-order valence-electron chi connectivity index (χ1n) is 5.72. The van der Waals surface area contributed by atoms with Gasteiger partial charge in [0, 0.05) is 11.1 Å². The lowest BCUT2D eigenvalue weighted by Gasteiger charge is -2.09. The predicted octanol–water partition coefficient (Wildman–Crippen LogP) is 0.479. The molecule has 1 aliphatic carbocycles. The van der Waals surface area contributed by atoms with Crippen molar-refractivity contribution in [2.45, 2.75) is 23.8 Å². The summed E-state index contributed by atoms with van der Waals surface area (Å²) in [5, 5.41) is 2.94. The van der Waals surface area contributed by atoms with Crippen LogP contribution in [0.25, 0.3) is 0 Å². The van der Waals surface area contributed by atoms with Crippen LogP contribution < -0.4 is 15.8 Å². The number of benzene rings is 1. The molecule has 0 saturated heterocycles. The highest BCUT2D eigenvalue weighted by molar-refractivity contribution is 7.89. The van der Waals surface area contributed by atoms with E-state index in [0.717, 1.165) is 12.8 Å². The van der Waals surface area contributed by atoms with Crippen LogP contribution in [0.15, 0.2) is 23.1 Å². The van der Waals surface area contributed by atoms with Crippen LogP contribution in [0.1, 0.15) is 12.8 Å². The molecule has 1 saturated carbocycles. The van der Waals surface area contributed by atoms with E-state index in [-0.39, 0.29) is 34.1 Å². The van der Waals surface area contributed by atoms with Gasteiger partial charge in [0.1, 0.15) is 4.90 Å². The van der Waals surface area contributed by atoms with Crippen molar-refractivity contribution in [1.82, 2.24) is 10.0 Å². The lowest BCUT2D eigenvalue weighted by molar-refractivity contribution is -0.120. The Bertz CT molecular complexity index is 599. The third-order valence-corrected chi connectivity index (χ3v) is 4.32. The second kappa shape index (κ2) is 5.36. The van der Waals surface area contributed by atoms with Crippen molar-refractivity contribution in [3.05, 3.63) is 23.2 Å². The highest BCUT2D eigenvalue weighted by atomic mass is 35.5. The van der Waals surface area contributed by atoms with Gasteiger partial charge in [-0.15, -0.1) is 0 Å². The molecule has 6 nitrogen and oxygen atoms in total. The lowest BCUT2D eigenvalue weighted by atomic mass is 10.3. The molecule has 0 unspecified atom stereocenters. The molecule has 1 fully saturated rings. The van der Waals surface area contributed by atoms with E-state index in [4.69, 9.17) is 17.3 Å². The highest BCUT2D eigenvalue weighted by Gasteiger charge is 2.24. The summed E-state index contributed by atoms with van der Waals surface area (Å²) in [6.07, 6.45) is 1.89. The maximum Gasteiger partial charge on any atom is 0.243 e. The van der Waals surface area contributed by atoms with E-state index in [1.807, 2.05) is 0 Å². The number of rotatable bonds is 5. The predicted molar refractivity (Wildman–Crippen MR) is 72.2 cm³/mol. The van der Waals surface area contributed by atoms with Crippen molar-refractivity contribution in [1.29, 1.82) is 0 Å². The van der Waals surface area contributed by atoms with Gasteiger partial charge in [-0.25, -0.2) is 13.1 Å². The fraction of sp³-hybridized carbons (Fsp3) is 0.364. The number of nitrogens with two attached hydrogens (primary N) is 1. The molecule has 1 amide bonds. The van der Waals surface area contributed by atoms with E-state index >= 15 is 0 Å². The van der Waals surface area contributed by atoms with Crippen LogP contribution in [-0.2, 0) is 14.8 Å². The molecule has 0 atom stereocenters. The first-order valence-corrected chi connectivity index (χ1v) is 7.58. The van der Waals surface area contributed by atoms with Gasteiger partial charge in [0.15, 0.2) is 0 Å². The van der Waals surface area contributed by atoms with E-state index in [0.29, 0.717) is 0 Å². The number of halogens is 1. The molecule has 0 bridgehead atoms. The normalized spacial score (nSPS) is 15.2. The molecule has 2 rings (SSSR count). The van der Waals surface area contributed by atoms with Gasteiger partial charge in [-0.3, -0.25) is 4.79 Å². The van der Waals surface area contributed by atoms with E-state index in [9.17, 15) is 13.2 Å². The minimum Gasteiger partial charge on any atom is -0.398 e. The molecule has 0 radical (unpaired) electrons. The van der Waals surface area contributed by atoms with Gasteiger partial charge >= 0.3 is 0 Å². The van der Waals surface area contributed by atoms with E-state index in [1.54, 1.807) is 0 Å². The number of carbonyl (C=O) groups is 1. The minimum atomic E-state index is -3.84. The number of hydrogen-bond acceptors (Lipinski definition) is 4. The lowest BCUT2D eigenvalue weighted by Crippen LogP contribution is -2.38. The molecule has 0 spiro atoms. The minimum absolute atomic E-state index is 0.0829. The Labute approximate surface area is 116 Å². The largest absolute Gasteiger partial charge is 0.398 e. The quantitative estimate of drug-likeness (QED) is 0.689. The van der Waals surface area contributed by atoms with Crippen molar-refractivity contribution < 1.29 is 13.2 Å². The molecule has 1 aromatic carbocycles. The summed E-state index contributed by atoms with van der Waals surface area (Å²) in [5.74, 6) is -0.355. The zero-order chi connectivity index (χ0) is 14.0. The number of sulfonamides is 1. The van der Waals surface area contributed by atoms with Crippen molar-refractivity contribution in [2.75, 3.05) is 12.3 Å². The Balaban J connectivity index is 2.04. The van der Waals surface area contributed by atoms with E-state index in [1.165, 1.54) is 18.2 Å². The summed E-state index contributed by atoms with van der Waals surface area (Å²) < 4.78 is 26.2. The third kappa shape index (κ3) is 3.82. The standard InChI is InChI=1S/C11H14ClN3O3S/c12-7-1-4-9(13)10(5-7)19(17,18)14-6-11(16)15-8-2-3-8/h1,4-5,8,14H,2-3,6,13H2,(H,15,16). The van der Waals surface area contributed by atoms with E-state index in [2.05, 4.69) is 10.0 Å². The molecule has 4 N–H and O–H groups in total. The monoisotopic (exact) mass is 303 g/mol. The summed E-state index contributed by atoms with van der Waals surface area (Å²) >= 11 is 5.74. The summed E-state index contributed by atoms with van der Waals surface area (Å²) in [4.78, 5) is 11.3. The SMILES string of the molecule is Nc1ccc(Cl)cc1S(=O)(=O)NCC(=O)NC1CC1. The fourth-order valence-corrected chi connectivity index (χ4v) is 2.86. The zero-order valence-electron chi connectivity index (χ0n) is 10.0. The van der Waals surface area contributed by atoms with Crippen LogP contribution in [0, 0.1) is 0 Å². The Morgan fingerprint density at radius 1 is 1.42 bits per heavy atom. The molecule has 19 heavy (non-hydrogen) atoms. The molecule has 1 aromatic rings. The molecule has 0 heterocycles. The smallest absolute Gasteiger partial charge is 0.243 e. The maximum atomic E-state index is 12.0. The van der Waals surface area contributed by atoms with Crippen LogP contribution in [0.2, 0.25) is 5.02 Å². The average molecular weight is 304 g/mol. The van der Waals surface area contributed by atoms with Gasteiger partial charge in [-0.05, 0) is 31.0 Å². The number of nitrogen functional groups attached to an aromatic ring is 1. The first-order chi connectivity index (χ1) is 8.88. The first kappa shape index (κ1) is 14.1. The zero-order valence-corrected chi connectivity index (χ0v) is 11.6. The molecule has 8 heteroatoms. The average Bonchev–Trinajstić information content (AvgIpc) is 3.14. The molecule has 1 aliphatic rings. The van der Waals surface area contributed by atoms with Crippen LogP contribution in [0.5, 0.6) is 0 Å². The molecular weight excluding hydrogens is 290 g/mol. The molecule has 0 aromatic heterocycles. The molecular formula is C11H14ClN3O3S. The van der Waals surface area contributed by atoms with Gasteiger partial charge in [-0.2, -0.15) is 0 Å². The van der Waals surface area contributed by atoms with Crippen molar-refractivity contribution >= 4 is 33.2 Å². The Morgan fingerprint density at radius 3 is 2.74 bits per heavy atom. The van der Waals surface area contributed by atoms with Crippen molar-refractivity contribution in [3.8, 4) is 0 Å². The summed E-state index contributed by atoms with van der Waals surface area (Å²) in [6, 6.07) is 4.34. The van der Waals surface area contributed by atoms with Gasteiger partial charge < -0.3 is 11.1 Å². The maximum absolute atomic E-state index is 12.0. The highest BCUT2D eigenvalue weighted by Crippen LogP contribution is 2.22. The number of hydrogen-bond donors (Lipinski definition) is 3. The number of carbonyl (C=O) groups excluding carboxylic acids is 1. The Morgan fingerprint density at radius 2 is 2.11 bits per heavy atom. The van der Waals surface area contributed by atoms with Crippen LogP contribution in [0.3, 0.4) is 0 Å². The summed E-state index contributed by atoms with van der Waals surface area (Å²) in [6.45, 7) is -0.315. The summed E-state index contributed by atoms with van der Waals surface area (Å²) in [5.41, 5.74) is 5.68. The van der Waals surface area contributed by atoms with Gasteiger partial charge in [-0.1, -0.05) is 11.6 Å². The van der Waals surface area contributed by atoms with Crippen molar-refractivity contribution in [3.63, 3.8) is 0 Å². The number of amides is 1. The second-order valence-electron chi connectivity index (χ2n) is 4.35. The van der Waals surface area contributed by atoms with Gasteiger partial charge in [0.25, 0.3) is 0 Å². The Kier molecular flexibility index (Phi) is 3.98. The van der Waals surface area contributed by atoms with Crippen LogP contribution in [-0.4, -0.2) is 26.9 Å².